The molecule has 3 aromatic heterocycles. The molecule has 0 spiro atoms. The quantitative estimate of drug-likeness (QED) is 0.411. The van der Waals surface area contributed by atoms with Crippen LogP contribution < -0.4 is 5.32 Å². The van der Waals surface area contributed by atoms with Crippen molar-refractivity contribution in [2.75, 3.05) is 25.0 Å². The van der Waals surface area contributed by atoms with Crippen LogP contribution in [0.1, 0.15) is 31.2 Å². The van der Waals surface area contributed by atoms with E-state index in [1.165, 1.54) is 5.56 Å². The SMILES string of the molecule is CCn1cc(-c2ccnc(Nc3ccc(C4CCN(C(=O)CO)CC4)cc3)n2)c(-c2cccnc2)n1. The van der Waals surface area contributed by atoms with Crippen molar-refractivity contribution in [3.8, 4) is 22.5 Å². The van der Waals surface area contributed by atoms with Crippen LogP contribution in [0.3, 0.4) is 0 Å². The van der Waals surface area contributed by atoms with E-state index in [9.17, 15) is 4.79 Å². The highest BCUT2D eigenvalue weighted by Crippen LogP contribution is 2.31. The molecule has 36 heavy (non-hydrogen) atoms. The van der Waals surface area contributed by atoms with Crippen molar-refractivity contribution in [2.45, 2.75) is 32.2 Å². The summed E-state index contributed by atoms with van der Waals surface area (Å²) in [7, 11) is 0. The molecule has 1 aliphatic heterocycles. The first kappa shape index (κ1) is 23.6. The molecule has 1 amide bonds. The summed E-state index contributed by atoms with van der Waals surface area (Å²) in [4.78, 5) is 26.9. The molecule has 1 saturated heterocycles. The third-order valence-electron chi connectivity index (χ3n) is 6.57. The maximum atomic E-state index is 11.7. The number of aliphatic hydroxyl groups is 1. The van der Waals surface area contributed by atoms with E-state index in [-0.39, 0.29) is 5.91 Å². The van der Waals surface area contributed by atoms with Gasteiger partial charge in [-0.2, -0.15) is 5.10 Å². The van der Waals surface area contributed by atoms with Gasteiger partial charge in [-0.1, -0.05) is 12.1 Å². The minimum atomic E-state index is -0.417. The molecule has 0 bridgehead atoms. The minimum absolute atomic E-state index is 0.190. The molecular weight excluding hydrogens is 454 g/mol. The van der Waals surface area contributed by atoms with Gasteiger partial charge in [-0.15, -0.1) is 0 Å². The molecule has 184 valence electrons. The Balaban J connectivity index is 1.31. The summed E-state index contributed by atoms with van der Waals surface area (Å²) in [6.07, 6.45) is 9.10. The first-order chi connectivity index (χ1) is 17.6. The third-order valence-corrected chi connectivity index (χ3v) is 6.57. The molecule has 9 heteroatoms. The number of carbonyl (C=O) groups excluding carboxylic acids is 1. The highest BCUT2D eigenvalue weighted by molar-refractivity contribution is 5.79. The fraction of sp³-hybridized carbons (Fsp3) is 0.296. The van der Waals surface area contributed by atoms with Crippen molar-refractivity contribution in [1.29, 1.82) is 0 Å². The number of anilines is 2. The summed E-state index contributed by atoms with van der Waals surface area (Å²) >= 11 is 0. The number of aryl methyl sites for hydroxylation is 1. The van der Waals surface area contributed by atoms with Crippen LogP contribution in [0.4, 0.5) is 11.6 Å². The molecule has 0 saturated carbocycles. The topological polar surface area (TPSA) is 109 Å². The van der Waals surface area contributed by atoms with Crippen molar-refractivity contribution in [3.05, 3.63) is 72.8 Å². The molecule has 1 aromatic carbocycles. The number of benzene rings is 1. The maximum absolute atomic E-state index is 11.7. The predicted molar refractivity (Wildman–Crippen MR) is 138 cm³/mol. The highest BCUT2D eigenvalue weighted by atomic mass is 16.3. The van der Waals surface area contributed by atoms with E-state index in [2.05, 4.69) is 34.3 Å². The molecule has 4 heterocycles. The number of pyridine rings is 1. The van der Waals surface area contributed by atoms with Crippen molar-refractivity contribution in [2.24, 2.45) is 0 Å². The van der Waals surface area contributed by atoms with Crippen LogP contribution in [0.5, 0.6) is 0 Å². The fourth-order valence-corrected chi connectivity index (χ4v) is 4.59. The van der Waals surface area contributed by atoms with Crippen LogP contribution in [-0.2, 0) is 11.3 Å². The summed E-state index contributed by atoms with van der Waals surface area (Å²) < 4.78 is 1.90. The lowest BCUT2D eigenvalue weighted by Gasteiger charge is -2.32. The number of likely N-dealkylation sites (tertiary alicyclic amines) is 1. The summed E-state index contributed by atoms with van der Waals surface area (Å²) in [6, 6.07) is 14.1. The largest absolute Gasteiger partial charge is 0.387 e. The second-order valence-corrected chi connectivity index (χ2v) is 8.81. The predicted octanol–water partition coefficient (Wildman–Crippen LogP) is 3.86. The van der Waals surface area contributed by atoms with Gasteiger partial charge in [0, 0.05) is 61.2 Å². The standard InChI is InChI=1S/C27H29N7O2/c1-2-34-17-23(26(32-34)21-4-3-12-28-16-21)24-9-13-29-27(31-24)30-22-7-5-19(6-8-22)20-10-14-33(15-11-20)25(36)18-35/h3-9,12-13,16-17,20,35H,2,10-11,14-15,18H2,1H3,(H,29,30,31). The Morgan fingerprint density at radius 3 is 2.61 bits per heavy atom. The lowest BCUT2D eigenvalue weighted by atomic mass is 9.89. The van der Waals surface area contributed by atoms with Gasteiger partial charge in [0.05, 0.1) is 5.69 Å². The average molecular weight is 484 g/mol. The minimum Gasteiger partial charge on any atom is -0.387 e. The first-order valence-corrected chi connectivity index (χ1v) is 12.2. The average Bonchev–Trinajstić information content (AvgIpc) is 3.39. The second kappa shape index (κ2) is 10.7. The maximum Gasteiger partial charge on any atom is 0.248 e. The molecule has 1 fully saturated rings. The third kappa shape index (κ3) is 5.11. The molecule has 0 unspecified atom stereocenters. The molecule has 2 N–H and O–H groups in total. The lowest BCUT2D eigenvalue weighted by molar-refractivity contribution is -0.135. The van der Waals surface area contributed by atoms with Gasteiger partial charge in [0.2, 0.25) is 11.9 Å². The zero-order chi connectivity index (χ0) is 24.9. The van der Waals surface area contributed by atoms with E-state index >= 15 is 0 Å². The Bertz CT molecular complexity index is 1310. The number of piperidine rings is 1. The molecule has 4 aromatic rings. The number of nitrogens with one attached hydrogen (secondary N) is 1. The summed E-state index contributed by atoms with van der Waals surface area (Å²) in [5.41, 5.74) is 5.64. The van der Waals surface area contributed by atoms with Gasteiger partial charge < -0.3 is 15.3 Å². The van der Waals surface area contributed by atoms with Crippen LogP contribution in [0.2, 0.25) is 0 Å². The number of aliphatic hydroxyl groups excluding tert-OH is 1. The molecule has 0 atom stereocenters. The summed E-state index contributed by atoms with van der Waals surface area (Å²) in [5.74, 6) is 0.727. The zero-order valence-corrected chi connectivity index (χ0v) is 20.2. The summed E-state index contributed by atoms with van der Waals surface area (Å²) in [6.45, 7) is 3.76. The van der Waals surface area contributed by atoms with Gasteiger partial charge in [-0.25, -0.2) is 9.97 Å². The van der Waals surface area contributed by atoms with E-state index in [1.807, 2.05) is 47.4 Å². The Hall–Kier alpha value is -4.11. The summed E-state index contributed by atoms with van der Waals surface area (Å²) in [5, 5.41) is 17.1. The molecule has 5 rings (SSSR count). The number of hydrogen-bond donors (Lipinski definition) is 2. The van der Waals surface area contributed by atoms with Gasteiger partial charge in [-0.3, -0.25) is 14.5 Å². The van der Waals surface area contributed by atoms with E-state index in [1.54, 1.807) is 17.3 Å². The Morgan fingerprint density at radius 1 is 1.11 bits per heavy atom. The lowest BCUT2D eigenvalue weighted by Crippen LogP contribution is -2.39. The van der Waals surface area contributed by atoms with Gasteiger partial charge >= 0.3 is 0 Å². The normalized spacial score (nSPS) is 14.1. The number of rotatable bonds is 7. The van der Waals surface area contributed by atoms with Gasteiger partial charge in [0.25, 0.3) is 0 Å². The van der Waals surface area contributed by atoms with E-state index in [0.29, 0.717) is 25.0 Å². The van der Waals surface area contributed by atoms with Crippen molar-refractivity contribution in [3.63, 3.8) is 0 Å². The Morgan fingerprint density at radius 2 is 1.92 bits per heavy atom. The number of nitrogens with zero attached hydrogens (tertiary/aromatic N) is 6. The molecule has 0 aliphatic carbocycles. The zero-order valence-electron chi connectivity index (χ0n) is 20.2. The van der Waals surface area contributed by atoms with Crippen molar-refractivity contribution in [1.82, 2.24) is 29.6 Å². The molecule has 9 nitrogen and oxygen atoms in total. The Kier molecular flexibility index (Phi) is 6.99. The Labute approximate surface area is 209 Å². The fourth-order valence-electron chi connectivity index (χ4n) is 4.59. The van der Waals surface area contributed by atoms with Crippen LogP contribution in [-0.4, -0.2) is 60.3 Å². The van der Waals surface area contributed by atoms with Crippen molar-refractivity contribution < 1.29 is 9.90 Å². The van der Waals surface area contributed by atoms with Gasteiger partial charge in [0.1, 0.15) is 12.3 Å². The van der Waals surface area contributed by atoms with Crippen LogP contribution in [0, 0.1) is 0 Å². The number of amides is 1. The van der Waals surface area contributed by atoms with Crippen LogP contribution in [0.25, 0.3) is 22.5 Å². The molecular formula is C27H29N7O2. The smallest absolute Gasteiger partial charge is 0.248 e. The second-order valence-electron chi connectivity index (χ2n) is 8.81. The van der Waals surface area contributed by atoms with Gasteiger partial charge in [0.15, 0.2) is 0 Å². The van der Waals surface area contributed by atoms with Crippen LogP contribution >= 0.6 is 0 Å². The van der Waals surface area contributed by atoms with Crippen molar-refractivity contribution >= 4 is 17.5 Å². The number of aromatic nitrogens is 5. The number of hydrogen-bond acceptors (Lipinski definition) is 7. The van der Waals surface area contributed by atoms with E-state index < -0.39 is 6.61 Å². The highest BCUT2D eigenvalue weighted by Gasteiger charge is 2.23. The van der Waals surface area contributed by atoms with E-state index in [0.717, 1.165) is 47.6 Å². The van der Waals surface area contributed by atoms with Gasteiger partial charge in [-0.05, 0) is 61.6 Å². The van der Waals surface area contributed by atoms with Crippen LogP contribution in [0.15, 0.2) is 67.3 Å². The number of carbonyl (C=O) groups is 1. The van der Waals surface area contributed by atoms with E-state index in [4.69, 9.17) is 15.2 Å². The molecule has 1 aliphatic rings. The molecule has 0 radical (unpaired) electrons. The monoisotopic (exact) mass is 483 g/mol. The first-order valence-electron chi connectivity index (χ1n) is 12.2.